The van der Waals surface area contributed by atoms with Gasteiger partial charge in [-0.05, 0) is 24.5 Å². The van der Waals surface area contributed by atoms with Gasteiger partial charge in [-0.2, -0.15) is 0 Å². The molecule has 0 aromatic heterocycles. The summed E-state index contributed by atoms with van der Waals surface area (Å²) in [5, 5.41) is 15.1. The fraction of sp³-hybridized carbons (Fsp3) is 0.500. The van der Waals surface area contributed by atoms with Crippen molar-refractivity contribution in [2.45, 2.75) is 32.8 Å². The molecule has 0 radical (unpaired) electrons. The first kappa shape index (κ1) is 16.3. The molecule has 6 nitrogen and oxygen atoms in total. The van der Waals surface area contributed by atoms with Crippen molar-refractivity contribution in [2.24, 2.45) is 5.92 Å². The highest BCUT2D eigenvalue weighted by molar-refractivity contribution is 6.01. The van der Waals surface area contributed by atoms with E-state index in [1.165, 1.54) is 0 Å². The third-order valence-corrected chi connectivity index (χ3v) is 3.76. The molecule has 1 aliphatic heterocycles. The average Bonchev–Trinajstić information content (AvgIpc) is 2.91. The number of carbonyl (C=O) groups excluding carboxylic acids is 2. The highest BCUT2D eigenvalue weighted by Crippen LogP contribution is 2.29. The van der Waals surface area contributed by atoms with Crippen LogP contribution in [-0.2, 0) is 4.79 Å². The van der Waals surface area contributed by atoms with E-state index in [2.05, 4.69) is 10.6 Å². The Hall–Kier alpha value is -2.08. The maximum atomic E-state index is 12.0. The van der Waals surface area contributed by atoms with Crippen LogP contribution >= 0.6 is 0 Å². The van der Waals surface area contributed by atoms with Gasteiger partial charge in [0, 0.05) is 19.5 Å². The molecule has 1 atom stereocenters. The van der Waals surface area contributed by atoms with E-state index in [9.17, 15) is 14.7 Å². The number of hydrogen-bond acceptors (Lipinski definition) is 3. The molecule has 2 rings (SSSR count). The first-order valence-corrected chi connectivity index (χ1v) is 7.61. The predicted molar refractivity (Wildman–Crippen MR) is 85.9 cm³/mol. The molecule has 0 saturated carbocycles. The number of aliphatic hydroxyl groups excluding tert-OH is 1. The van der Waals surface area contributed by atoms with Crippen LogP contribution in [0.4, 0.5) is 16.2 Å². The summed E-state index contributed by atoms with van der Waals surface area (Å²) in [5.74, 6) is 0.152. The monoisotopic (exact) mass is 305 g/mol. The smallest absolute Gasteiger partial charge is 0.319 e. The Morgan fingerprint density at radius 2 is 2.09 bits per heavy atom. The van der Waals surface area contributed by atoms with Crippen LogP contribution in [0.1, 0.15) is 26.7 Å². The Labute approximate surface area is 130 Å². The number of aliphatic hydroxyl groups is 1. The van der Waals surface area contributed by atoms with E-state index in [-0.39, 0.29) is 18.4 Å². The SMILES string of the molecule is CC(C)[C@@H](O)CNC(=O)Nc1ccccc1N1CCCC1=O. The standard InChI is InChI=1S/C16H23N3O3/c1-11(2)14(20)10-17-16(22)18-12-6-3-4-7-13(12)19-9-5-8-15(19)21/h3-4,6-7,11,14,20H,5,8-10H2,1-2H3,(H2,17,18,22)/t14-/m0/s1. The summed E-state index contributed by atoms with van der Waals surface area (Å²) in [7, 11) is 0. The number of nitrogens with zero attached hydrogens (tertiary/aromatic N) is 1. The maximum Gasteiger partial charge on any atom is 0.319 e. The lowest BCUT2D eigenvalue weighted by molar-refractivity contribution is -0.117. The molecule has 6 heteroatoms. The van der Waals surface area contributed by atoms with Gasteiger partial charge in [0.1, 0.15) is 0 Å². The zero-order chi connectivity index (χ0) is 16.1. The van der Waals surface area contributed by atoms with Gasteiger partial charge < -0.3 is 20.6 Å². The second kappa shape index (κ2) is 7.26. The van der Waals surface area contributed by atoms with E-state index in [1.807, 2.05) is 32.0 Å². The lowest BCUT2D eigenvalue weighted by atomic mass is 10.1. The largest absolute Gasteiger partial charge is 0.391 e. The zero-order valence-corrected chi connectivity index (χ0v) is 13.0. The van der Waals surface area contributed by atoms with Crippen LogP contribution in [-0.4, -0.2) is 36.2 Å². The molecule has 0 unspecified atom stereocenters. The van der Waals surface area contributed by atoms with E-state index >= 15 is 0 Å². The van der Waals surface area contributed by atoms with Crippen molar-refractivity contribution in [2.75, 3.05) is 23.3 Å². The number of hydrogen-bond donors (Lipinski definition) is 3. The molecule has 0 spiro atoms. The number of nitrogens with one attached hydrogen (secondary N) is 2. The van der Waals surface area contributed by atoms with Crippen molar-refractivity contribution in [1.82, 2.24) is 5.32 Å². The summed E-state index contributed by atoms with van der Waals surface area (Å²) in [4.78, 5) is 25.5. The van der Waals surface area contributed by atoms with E-state index in [0.29, 0.717) is 24.3 Å². The topological polar surface area (TPSA) is 81.7 Å². The van der Waals surface area contributed by atoms with Crippen LogP contribution in [0.25, 0.3) is 0 Å². The molecule has 1 fully saturated rings. The molecule has 22 heavy (non-hydrogen) atoms. The molecule has 1 heterocycles. The number of urea groups is 1. The van der Waals surface area contributed by atoms with E-state index < -0.39 is 12.1 Å². The number of rotatable bonds is 5. The van der Waals surface area contributed by atoms with Crippen molar-refractivity contribution in [3.8, 4) is 0 Å². The maximum absolute atomic E-state index is 12.0. The lowest BCUT2D eigenvalue weighted by Gasteiger charge is -2.20. The van der Waals surface area contributed by atoms with Crippen molar-refractivity contribution in [3.05, 3.63) is 24.3 Å². The van der Waals surface area contributed by atoms with Gasteiger partial charge in [0.2, 0.25) is 5.91 Å². The van der Waals surface area contributed by atoms with E-state index in [0.717, 1.165) is 6.42 Å². The normalized spacial score (nSPS) is 16.0. The molecular weight excluding hydrogens is 282 g/mol. The van der Waals surface area contributed by atoms with Crippen LogP contribution in [0.15, 0.2) is 24.3 Å². The van der Waals surface area contributed by atoms with Crippen molar-refractivity contribution >= 4 is 23.3 Å². The van der Waals surface area contributed by atoms with Crippen LogP contribution in [0.2, 0.25) is 0 Å². The van der Waals surface area contributed by atoms with Gasteiger partial charge in [0.25, 0.3) is 0 Å². The van der Waals surface area contributed by atoms with Crippen LogP contribution in [0.3, 0.4) is 0 Å². The molecule has 120 valence electrons. The summed E-state index contributed by atoms with van der Waals surface area (Å²) >= 11 is 0. The number of para-hydroxylation sites is 2. The van der Waals surface area contributed by atoms with Gasteiger partial charge in [-0.15, -0.1) is 0 Å². The molecule has 3 N–H and O–H groups in total. The van der Waals surface area contributed by atoms with Crippen LogP contribution < -0.4 is 15.5 Å². The summed E-state index contributed by atoms with van der Waals surface area (Å²) < 4.78 is 0. The Morgan fingerprint density at radius 3 is 2.73 bits per heavy atom. The minimum Gasteiger partial charge on any atom is -0.391 e. The second-order valence-corrected chi connectivity index (χ2v) is 5.81. The summed E-state index contributed by atoms with van der Waals surface area (Å²) in [6.45, 7) is 4.64. The lowest BCUT2D eigenvalue weighted by Crippen LogP contribution is -2.37. The molecular formula is C16H23N3O3. The highest BCUT2D eigenvalue weighted by Gasteiger charge is 2.24. The molecule has 1 aromatic carbocycles. The molecule has 1 aliphatic rings. The summed E-state index contributed by atoms with van der Waals surface area (Å²) in [6, 6.07) is 6.84. The Balaban J connectivity index is 2.00. The zero-order valence-electron chi connectivity index (χ0n) is 13.0. The Bertz CT molecular complexity index is 545. The first-order chi connectivity index (χ1) is 10.5. The van der Waals surface area contributed by atoms with Gasteiger partial charge in [-0.3, -0.25) is 4.79 Å². The molecule has 1 aromatic rings. The van der Waals surface area contributed by atoms with Crippen LogP contribution in [0.5, 0.6) is 0 Å². The highest BCUT2D eigenvalue weighted by atomic mass is 16.3. The minimum atomic E-state index is -0.582. The molecule has 3 amide bonds. The van der Waals surface area contributed by atoms with Gasteiger partial charge in [0.05, 0.1) is 17.5 Å². The average molecular weight is 305 g/mol. The number of amides is 3. The quantitative estimate of drug-likeness (QED) is 0.777. The fourth-order valence-electron chi connectivity index (χ4n) is 2.32. The molecule has 1 saturated heterocycles. The van der Waals surface area contributed by atoms with E-state index in [1.54, 1.807) is 11.0 Å². The van der Waals surface area contributed by atoms with Gasteiger partial charge >= 0.3 is 6.03 Å². The third-order valence-electron chi connectivity index (χ3n) is 3.76. The number of anilines is 2. The Kier molecular flexibility index (Phi) is 5.38. The van der Waals surface area contributed by atoms with Gasteiger partial charge in [-0.25, -0.2) is 4.79 Å². The Morgan fingerprint density at radius 1 is 1.36 bits per heavy atom. The number of benzene rings is 1. The van der Waals surface area contributed by atoms with Gasteiger partial charge in [0.15, 0.2) is 0 Å². The predicted octanol–water partition coefficient (Wildman–Crippen LogP) is 1.95. The summed E-state index contributed by atoms with van der Waals surface area (Å²) in [5.41, 5.74) is 1.30. The minimum absolute atomic E-state index is 0.0740. The third kappa shape index (κ3) is 3.98. The van der Waals surface area contributed by atoms with Crippen molar-refractivity contribution < 1.29 is 14.7 Å². The fourth-order valence-corrected chi connectivity index (χ4v) is 2.32. The summed E-state index contributed by atoms with van der Waals surface area (Å²) in [6.07, 6.45) is 0.794. The first-order valence-electron chi connectivity index (χ1n) is 7.61. The van der Waals surface area contributed by atoms with Crippen LogP contribution in [0, 0.1) is 5.92 Å². The van der Waals surface area contributed by atoms with Gasteiger partial charge in [-0.1, -0.05) is 26.0 Å². The number of carbonyl (C=O) groups is 2. The second-order valence-electron chi connectivity index (χ2n) is 5.81. The van der Waals surface area contributed by atoms with Crippen molar-refractivity contribution in [1.29, 1.82) is 0 Å². The molecule has 0 bridgehead atoms. The van der Waals surface area contributed by atoms with E-state index in [4.69, 9.17) is 0 Å². The van der Waals surface area contributed by atoms with Crippen molar-refractivity contribution in [3.63, 3.8) is 0 Å². The molecule has 0 aliphatic carbocycles.